The van der Waals surface area contributed by atoms with E-state index in [2.05, 4.69) is 74.9 Å². The Labute approximate surface area is 172 Å². The molecule has 154 valence electrons. The zero-order valence-electron chi connectivity index (χ0n) is 17.8. The molecule has 2 atom stereocenters. The minimum atomic E-state index is -0.514. The fraction of sp³-hybridized carbons (Fsp3) is 0.360. The van der Waals surface area contributed by atoms with Crippen LogP contribution in [0.4, 0.5) is 8.78 Å². The molecule has 0 saturated heterocycles. The van der Waals surface area contributed by atoms with Gasteiger partial charge in [0.1, 0.15) is 24.7 Å². The number of quaternary nitrogens is 1. The van der Waals surface area contributed by atoms with E-state index in [4.69, 9.17) is 0 Å². The Morgan fingerprint density at radius 1 is 0.862 bits per heavy atom. The molecule has 0 radical (unpaired) electrons. The third kappa shape index (κ3) is 5.77. The second-order valence-electron chi connectivity index (χ2n) is 8.44. The summed E-state index contributed by atoms with van der Waals surface area (Å²) in [6.45, 7) is 10.9. The minimum Gasteiger partial charge on any atom is -0.342 e. The van der Waals surface area contributed by atoms with E-state index < -0.39 is 11.6 Å². The fourth-order valence-corrected chi connectivity index (χ4v) is 3.84. The Kier molecular flexibility index (Phi) is 6.86. The van der Waals surface area contributed by atoms with E-state index >= 15 is 0 Å². The molecule has 29 heavy (non-hydrogen) atoms. The number of benzene rings is 2. The maximum Gasteiger partial charge on any atom is 0.126 e. The van der Waals surface area contributed by atoms with Crippen molar-refractivity contribution in [3.63, 3.8) is 0 Å². The van der Waals surface area contributed by atoms with Crippen LogP contribution >= 0.6 is 0 Å². The Balaban J connectivity index is 1.82. The van der Waals surface area contributed by atoms with Gasteiger partial charge in [0.05, 0.1) is 11.7 Å². The summed E-state index contributed by atoms with van der Waals surface area (Å²) in [7, 11) is 0. The second-order valence-corrected chi connectivity index (χ2v) is 8.44. The van der Waals surface area contributed by atoms with Crippen LogP contribution in [0.25, 0.3) is 0 Å². The molecule has 0 aliphatic heterocycles. The zero-order chi connectivity index (χ0) is 21.0. The van der Waals surface area contributed by atoms with Crippen LogP contribution in [-0.4, -0.2) is 10.6 Å². The van der Waals surface area contributed by atoms with Crippen molar-refractivity contribution in [3.8, 4) is 0 Å². The molecule has 1 heterocycles. The van der Waals surface area contributed by atoms with Crippen LogP contribution in [0.2, 0.25) is 0 Å². The molecule has 0 fully saturated rings. The van der Waals surface area contributed by atoms with Crippen LogP contribution in [0.3, 0.4) is 0 Å². The van der Waals surface area contributed by atoms with Crippen molar-refractivity contribution in [2.24, 2.45) is 5.92 Å². The summed E-state index contributed by atoms with van der Waals surface area (Å²) in [6, 6.07) is 16.9. The standard InChI is InChI=1S/C25H30F2N2/c1-18(2)20(4)29(16-22-12-23(26)14-24(27)13-22)17-25-9-6-10-28(25)15-21-8-5-7-19(3)11-21/h5-14,18,20H,15-17H2,1-4H3/p+1/t20-/m1/s1. The first kappa shape index (κ1) is 21.3. The molecule has 1 N–H and O–H groups in total. The highest BCUT2D eigenvalue weighted by atomic mass is 19.1. The molecule has 2 nitrogen and oxygen atoms in total. The number of hydrogen-bond acceptors (Lipinski definition) is 0. The number of aromatic nitrogens is 1. The van der Waals surface area contributed by atoms with E-state index in [1.54, 1.807) is 0 Å². The number of hydrogen-bond donors (Lipinski definition) is 1. The van der Waals surface area contributed by atoms with E-state index in [-0.39, 0.29) is 0 Å². The van der Waals surface area contributed by atoms with Crippen LogP contribution in [0.5, 0.6) is 0 Å². The normalized spacial score (nSPS) is 13.6. The third-order valence-electron chi connectivity index (χ3n) is 5.76. The predicted molar refractivity (Wildman–Crippen MR) is 114 cm³/mol. The van der Waals surface area contributed by atoms with Gasteiger partial charge in [-0.3, -0.25) is 0 Å². The molecule has 0 aliphatic rings. The van der Waals surface area contributed by atoms with E-state index in [0.717, 1.165) is 19.2 Å². The van der Waals surface area contributed by atoms with Gasteiger partial charge in [0, 0.05) is 30.3 Å². The van der Waals surface area contributed by atoms with Gasteiger partial charge in [-0.2, -0.15) is 0 Å². The van der Waals surface area contributed by atoms with Gasteiger partial charge in [0.25, 0.3) is 0 Å². The maximum absolute atomic E-state index is 13.7. The van der Waals surface area contributed by atoms with Crippen LogP contribution in [0, 0.1) is 24.5 Å². The molecule has 4 heteroatoms. The second kappa shape index (κ2) is 9.36. The highest BCUT2D eigenvalue weighted by Crippen LogP contribution is 2.11. The largest absolute Gasteiger partial charge is 0.342 e. The molecule has 1 unspecified atom stereocenters. The number of rotatable bonds is 8. The quantitative estimate of drug-likeness (QED) is 0.562. The Morgan fingerprint density at radius 3 is 2.24 bits per heavy atom. The van der Waals surface area contributed by atoms with E-state index in [1.807, 2.05) is 0 Å². The van der Waals surface area contributed by atoms with Gasteiger partial charge in [-0.25, -0.2) is 8.78 Å². The van der Waals surface area contributed by atoms with Crippen molar-refractivity contribution < 1.29 is 13.7 Å². The summed E-state index contributed by atoms with van der Waals surface area (Å²) in [5, 5.41) is 0. The highest BCUT2D eigenvalue weighted by Gasteiger charge is 2.23. The van der Waals surface area contributed by atoms with E-state index in [1.165, 1.54) is 33.9 Å². The smallest absolute Gasteiger partial charge is 0.126 e. The number of nitrogens with one attached hydrogen (secondary N) is 1. The maximum atomic E-state index is 13.7. The molecule has 1 aromatic heterocycles. The number of aryl methyl sites for hydroxylation is 1. The lowest BCUT2D eigenvalue weighted by Gasteiger charge is -2.29. The first-order chi connectivity index (χ1) is 13.8. The van der Waals surface area contributed by atoms with Gasteiger partial charge in [-0.1, -0.05) is 43.7 Å². The summed E-state index contributed by atoms with van der Waals surface area (Å²) >= 11 is 0. The zero-order valence-corrected chi connectivity index (χ0v) is 17.8. The topological polar surface area (TPSA) is 9.37 Å². The molecule has 3 aromatic rings. The van der Waals surface area contributed by atoms with Gasteiger partial charge in [0.2, 0.25) is 0 Å². The summed E-state index contributed by atoms with van der Waals surface area (Å²) < 4.78 is 29.7. The Hall–Kier alpha value is -2.46. The van der Waals surface area contributed by atoms with Gasteiger partial charge >= 0.3 is 0 Å². The van der Waals surface area contributed by atoms with Crippen LogP contribution in [0.15, 0.2) is 60.8 Å². The molecule has 0 saturated carbocycles. The lowest BCUT2D eigenvalue weighted by molar-refractivity contribution is -0.954. The minimum absolute atomic E-state index is 0.351. The van der Waals surface area contributed by atoms with Crippen molar-refractivity contribution in [1.29, 1.82) is 0 Å². The van der Waals surface area contributed by atoms with Gasteiger partial charge < -0.3 is 9.47 Å². The summed E-state index contributed by atoms with van der Waals surface area (Å²) in [5.74, 6) is -0.567. The lowest BCUT2D eigenvalue weighted by Crippen LogP contribution is -3.13. The highest BCUT2D eigenvalue weighted by molar-refractivity contribution is 5.23. The molecular weight excluding hydrogens is 366 g/mol. The van der Waals surface area contributed by atoms with Crippen LogP contribution < -0.4 is 4.90 Å². The molecule has 0 bridgehead atoms. The number of nitrogens with zero attached hydrogens (tertiary/aromatic N) is 1. The van der Waals surface area contributed by atoms with Crippen molar-refractivity contribution in [3.05, 3.63) is 94.8 Å². The first-order valence-electron chi connectivity index (χ1n) is 10.3. The monoisotopic (exact) mass is 397 g/mol. The third-order valence-corrected chi connectivity index (χ3v) is 5.76. The SMILES string of the molecule is Cc1cccc(Cn2cccc2C[NH+](Cc2cc(F)cc(F)c2)[C@H](C)C(C)C)c1. The average molecular weight is 398 g/mol. The number of halogens is 2. The van der Waals surface area contributed by atoms with Crippen molar-refractivity contribution in [1.82, 2.24) is 4.57 Å². The van der Waals surface area contributed by atoms with Crippen molar-refractivity contribution >= 4 is 0 Å². The predicted octanol–water partition coefficient (Wildman–Crippen LogP) is 4.75. The molecular formula is C25H31F2N2+. The molecule has 2 aromatic carbocycles. The molecule has 3 rings (SSSR count). The van der Waals surface area contributed by atoms with E-state index in [0.29, 0.717) is 24.1 Å². The van der Waals surface area contributed by atoms with Crippen molar-refractivity contribution in [2.75, 3.05) is 0 Å². The van der Waals surface area contributed by atoms with Gasteiger partial charge in [-0.15, -0.1) is 0 Å². The summed E-state index contributed by atoms with van der Waals surface area (Å²) in [6.07, 6.45) is 2.11. The summed E-state index contributed by atoms with van der Waals surface area (Å²) in [4.78, 5) is 1.30. The molecule has 0 spiro atoms. The lowest BCUT2D eigenvalue weighted by atomic mass is 10.0. The van der Waals surface area contributed by atoms with Crippen LogP contribution in [-0.2, 0) is 19.6 Å². The van der Waals surface area contributed by atoms with E-state index in [9.17, 15) is 8.78 Å². The molecule has 0 aliphatic carbocycles. The van der Waals surface area contributed by atoms with Gasteiger partial charge in [-0.05, 0) is 43.7 Å². The first-order valence-corrected chi connectivity index (χ1v) is 10.3. The fourth-order valence-electron chi connectivity index (χ4n) is 3.84. The Morgan fingerprint density at radius 2 is 1.59 bits per heavy atom. The molecule has 0 amide bonds. The average Bonchev–Trinajstić information content (AvgIpc) is 3.06. The van der Waals surface area contributed by atoms with Gasteiger partial charge in [0.15, 0.2) is 0 Å². The summed E-state index contributed by atoms with van der Waals surface area (Å²) in [5.41, 5.74) is 4.45. The van der Waals surface area contributed by atoms with Crippen LogP contribution in [0.1, 0.15) is 43.2 Å². The van der Waals surface area contributed by atoms with Crippen molar-refractivity contribution in [2.45, 2.75) is 53.4 Å². The Bertz CT molecular complexity index is 925.